The monoisotopic (exact) mass is 393 g/mol. The summed E-state index contributed by atoms with van der Waals surface area (Å²) in [6, 6.07) is 6.84. The zero-order chi connectivity index (χ0) is 21.4. The van der Waals surface area contributed by atoms with Gasteiger partial charge >= 0.3 is 0 Å². The molecule has 1 aromatic carbocycles. The zero-order valence-electron chi connectivity index (χ0n) is 19.2. The molecular formula is C27H39NO. The molecule has 0 radical (unpaired) electrons. The third kappa shape index (κ3) is 6.21. The molecule has 2 heteroatoms. The van der Waals surface area contributed by atoms with Crippen LogP contribution in [0.2, 0.25) is 0 Å². The molecule has 158 valence electrons. The Bertz CT molecular complexity index is 778. The fourth-order valence-corrected chi connectivity index (χ4v) is 3.88. The van der Waals surface area contributed by atoms with Gasteiger partial charge in [0.1, 0.15) is 0 Å². The van der Waals surface area contributed by atoms with Crippen LogP contribution in [0.5, 0.6) is 0 Å². The molecule has 0 N–H and O–H groups in total. The highest BCUT2D eigenvalue weighted by molar-refractivity contribution is 5.63. The predicted octanol–water partition coefficient (Wildman–Crippen LogP) is 7.16. The lowest BCUT2D eigenvalue weighted by atomic mass is 9.96. The van der Waals surface area contributed by atoms with Crippen LogP contribution >= 0.6 is 0 Å². The summed E-state index contributed by atoms with van der Waals surface area (Å²) in [6.07, 6.45) is 8.66. The van der Waals surface area contributed by atoms with Crippen LogP contribution in [0.1, 0.15) is 58.1 Å². The molecule has 29 heavy (non-hydrogen) atoms. The number of anilines is 1. The van der Waals surface area contributed by atoms with E-state index in [9.17, 15) is 0 Å². The van der Waals surface area contributed by atoms with Crippen LogP contribution in [0.3, 0.4) is 0 Å². The first kappa shape index (κ1) is 23.2. The first-order valence-corrected chi connectivity index (χ1v) is 11.1. The number of benzene rings is 1. The van der Waals surface area contributed by atoms with Crippen LogP contribution < -0.4 is 4.90 Å². The molecule has 0 amide bonds. The molecule has 0 saturated carbocycles. The van der Waals surface area contributed by atoms with E-state index in [1.165, 1.54) is 33.5 Å². The highest BCUT2D eigenvalue weighted by Crippen LogP contribution is 2.31. The number of nitrogens with zero attached hydrogens (tertiary/aromatic N) is 1. The molecule has 1 fully saturated rings. The van der Waals surface area contributed by atoms with Crippen molar-refractivity contribution in [2.24, 2.45) is 5.92 Å². The molecule has 1 aliphatic heterocycles. The number of allylic oxidation sites excluding steroid dienone is 4. The van der Waals surface area contributed by atoms with Crippen LogP contribution in [0.25, 0.3) is 0 Å². The topological polar surface area (TPSA) is 12.5 Å². The van der Waals surface area contributed by atoms with Crippen molar-refractivity contribution in [3.63, 3.8) is 0 Å². The normalized spacial score (nSPS) is 16.0. The highest BCUT2D eigenvalue weighted by Gasteiger charge is 2.22. The Hall–Kier alpha value is -2.06. The predicted molar refractivity (Wildman–Crippen MR) is 128 cm³/mol. The summed E-state index contributed by atoms with van der Waals surface area (Å²) >= 11 is 0. The van der Waals surface area contributed by atoms with Gasteiger partial charge < -0.3 is 9.64 Å². The largest absolute Gasteiger partial charge is 0.381 e. The molecule has 1 heterocycles. The fourth-order valence-electron chi connectivity index (χ4n) is 3.88. The molecule has 0 unspecified atom stereocenters. The number of rotatable bonds is 9. The van der Waals surface area contributed by atoms with Gasteiger partial charge in [0.2, 0.25) is 0 Å². The van der Waals surface area contributed by atoms with E-state index in [0.717, 1.165) is 51.1 Å². The van der Waals surface area contributed by atoms with Gasteiger partial charge in [0.15, 0.2) is 0 Å². The van der Waals surface area contributed by atoms with Crippen molar-refractivity contribution in [3.8, 4) is 0 Å². The number of ether oxygens (including phenoxy) is 1. The van der Waals surface area contributed by atoms with Gasteiger partial charge in [-0.2, -0.15) is 0 Å². The van der Waals surface area contributed by atoms with E-state index in [1.807, 2.05) is 0 Å². The third-order valence-corrected chi connectivity index (χ3v) is 6.07. The smallest absolute Gasteiger partial charge is 0.0469 e. The lowest BCUT2D eigenvalue weighted by Gasteiger charge is -2.34. The first-order valence-electron chi connectivity index (χ1n) is 11.1. The minimum atomic E-state index is 0.625. The maximum atomic E-state index is 5.59. The van der Waals surface area contributed by atoms with Gasteiger partial charge in [0, 0.05) is 31.1 Å². The summed E-state index contributed by atoms with van der Waals surface area (Å²) in [5, 5.41) is 0. The van der Waals surface area contributed by atoms with Crippen molar-refractivity contribution in [3.05, 3.63) is 77.1 Å². The first-order chi connectivity index (χ1) is 13.9. The van der Waals surface area contributed by atoms with Crippen LogP contribution in [-0.4, -0.2) is 19.8 Å². The number of hydrogen-bond acceptors (Lipinski definition) is 2. The minimum Gasteiger partial charge on any atom is -0.381 e. The summed E-state index contributed by atoms with van der Waals surface area (Å²) in [7, 11) is 0. The second-order valence-electron chi connectivity index (χ2n) is 8.12. The summed E-state index contributed by atoms with van der Waals surface area (Å²) < 4.78 is 5.59. The molecule has 1 saturated heterocycles. The molecule has 0 bridgehead atoms. The van der Waals surface area contributed by atoms with E-state index in [-0.39, 0.29) is 0 Å². The molecule has 0 spiro atoms. The maximum absolute atomic E-state index is 5.59. The molecule has 0 aromatic heterocycles. The molecular weight excluding hydrogens is 354 g/mol. The second-order valence-corrected chi connectivity index (χ2v) is 8.12. The lowest BCUT2D eigenvalue weighted by Crippen LogP contribution is -2.32. The Morgan fingerprint density at radius 1 is 1.21 bits per heavy atom. The summed E-state index contributed by atoms with van der Waals surface area (Å²) in [4.78, 5) is 2.43. The molecule has 0 aliphatic carbocycles. The molecule has 2 nitrogen and oxygen atoms in total. The van der Waals surface area contributed by atoms with Gasteiger partial charge in [-0.05, 0) is 80.7 Å². The highest BCUT2D eigenvalue weighted by atomic mass is 16.5. The summed E-state index contributed by atoms with van der Waals surface area (Å²) in [5.74, 6) is 0.625. The van der Waals surface area contributed by atoms with Crippen LogP contribution in [-0.2, 0) is 11.2 Å². The van der Waals surface area contributed by atoms with Crippen molar-refractivity contribution in [2.45, 2.75) is 60.3 Å². The quantitative estimate of drug-likeness (QED) is 0.413. The fraction of sp³-hybridized carbons (Fsp3) is 0.481. The molecule has 1 aliphatic rings. The van der Waals surface area contributed by atoms with Gasteiger partial charge in [-0.15, -0.1) is 0 Å². The lowest BCUT2D eigenvalue weighted by molar-refractivity contribution is 0.0686. The SMILES string of the molecule is C=C(CC)/C(C)=C\C(=C/C)C(=C)N(CC1CCOCC1)c1ccc(CC)cc1C. The molecule has 0 atom stereocenters. The Balaban J connectivity index is 2.39. The van der Waals surface area contributed by atoms with Gasteiger partial charge in [-0.3, -0.25) is 0 Å². The Labute approximate surface area is 178 Å². The Morgan fingerprint density at radius 3 is 2.45 bits per heavy atom. The average molecular weight is 394 g/mol. The van der Waals surface area contributed by atoms with Gasteiger partial charge in [-0.1, -0.05) is 56.9 Å². The summed E-state index contributed by atoms with van der Waals surface area (Å²) in [6.45, 7) is 22.3. The standard InChI is InChI=1S/C27H39NO/c1-8-20(4)21(5)18-26(10-3)23(7)28(19-25-13-15-29-16-14-25)27-12-11-24(9-2)17-22(27)6/h10-12,17-18,25H,4,7-9,13-16,19H2,1-3,5-6H3/b21-18-,26-10+. The van der Waals surface area contributed by atoms with Crippen molar-refractivity contribution in [1.29, 1.82) is 0 Å². The van der Waals surface area contributed by atoms with Crippen molar-refractivity contribution in [1.82, 2.24) is 0 Å². The Morgan fingerprint density at radius 2 is 1.90 bits per heavy atom. The van der Waals surface area contributed by atoms with Crippen LogP contribution in [0, 0.1) is 12.8 Å². The molecule has 2 rings (SSSR count). The van der Waals surface area contributed by atoms with Crippen molar-refractivity contribution >= 4 is 5.69 Å². The number of hydrogen-bond donors (Lipinski definition) is 0. The third-order valence-electron chi connectivity index (χ3n) is 6.07. The van der Waals surface area contributed by atoms with Crippen molar-refractivity contribution in [2.75, 3.05) is 24.7 Å². The maximum Gasteiger partial charge on any atom is 0.0469 e. The van der Waals surface area contributed by atoms with E-state index in [1.54, 1.807) is 0 Å². The Kier molecular flexibility index (Phi) is 8.98. The number of aryl methyl sites for hydroxylation is 2. The zero-order valence-corrected chi connectivity index (χ0v) is 19.2. The van der Waals surface area contributed by atoms with Gasteiger partial charge in [0.05, 0.1) is 0 Å². The van der Waals surface area contributed by atoms with Crippen LogP contribution in [0.15, 0.2) is 65.9 Å². The van der Waals surface area contributed by atoms with E-state index in [2.05, 4.69) is 83.0 Å². The van der Waals surface area contributed by atoms with Crippen LogP contribution in [0.4, 0.5) is 5.69 Å². The van der Waals surface area contributed by atoms with Gasteiger partial charge in [0.25, 0.3) is 0 Å². The van der Waals surface area contributed by atoms with E-state index in [0.29, 0.717) is 5.92 Å². The van der Waals surface area contributed by atoms with E-state index >= 15 is 0 Å². The average Bonchev–Trinajstić information content (AvgIpc) is 2.75. The van der Waals surface area contributed by atoms with Gasteiger partial charge in [-0.25, -0.2) is 0 Å². The van der Waals surface area contributed by atoms with E-state index < -0.39 is 0 Å². The van der Waals surface area contributed by atoms with Crippen molar-refractivity contribution < 1.29 is 4.74 Å². The van der Waals surface area contributed by atoms with E-state index in [4.69, 9.17) is 4.74 Å². The minimum absolute atomic E-state index is 0.625. The summed E-state index contributed by atoms with van der Waals surface area (Å²) in [5.41, 5.74) is 8.59. The molecule has 1 aromatic rings. The second kappa shape index (κ2) is 11.2.